The van der Waals surface area contributed by atoms with Crippen LogP contribution in [0.25, 0.3) is 0 Å². The van der Waals surface area contributed by atoms with Gasteiger partial charge in [-0.05, 0) is 37.1 Å². The van der Waals surface area contributed by atoms with Gasteiger partial charge in [-0.25, -0.2) is 13.1 Å². The van der Waals surface area contributed by atoms with Gasteiger partial charge in [0.05, 0.1) is 4.90 Å². The first-order chi connectivity index (χ1) is 12.3. The maximum Gasteiger partial charge on any atom is 0.240 e. The molecular formula is C19H22N2O4S. The highest BCUT2D eigenvalue weighted by molar-refractivity contribution is 7.89. The number of benzene rings is 2. The minimum Gasteiger partial charge on any atom is -0.352 e. The second-order valence-electron chi connectivity index (χ2n) is 5.93. The van der Waals surface area contributed by atoms with Crippen LogP contribution in [0, 0.1) is 6.92 Å². The number of aryl methyl sites for hydroxylation is 1. The van der Waals surface area contributed by atoms with Crippen molar-refractivity contribution in [1.29, 1.82) is 0 Å². The molecule has 0 saturated carbocycles. The van der Waals surface area contributed by atoms with E-state index in [0.29, 0.717) is 12.1 Å². The van der Waals surface area contributed by atoms with Crippen LogP contribution in [0.1, 0.15) is 34.8 Å². The number of ketones is 1. The smallest absolute Gasteiger partial charge is 0.240 e. The van der Waals surface area contributed by atoms with Crippen molar-refractivity contribution < 1.29 is 18.0 Å². The maximum atomic E-state index is 12.2. The van der Waals surface area contributed by atoms with E-state index in [4.69, 9.17) is 0 Å². The van der Waals surface area contributed by atoms with Gasteiger partial charge in [-0.2, -0.15) is 0 Å². The van der Waals surface area contributed by atoms with Crippen LogP contribution in [0.3, 0.4) is 0 Å². The summed E-state index contributed by atoms with van der Waals surface area (Å²) in [6, 6.07) is 13.4. The van der Waals surface area contributed by atoms with E-state index in [1.807, 2.05) is 31.2 Å². The summed E-state index contributed by atoms with van der Waals surface area (Å²) in [7, 11) is -3.71. The van der Waals surface area contributed by atoms with E-state index in [9.17, 15) is 18.0 Å². The first-order valence-corrected chi connectivity index (χ1v) is 9.70. The lowest BCUT2D eigenvalue weighted by Crippen LogP contribution is -2.30. The van der Waals surface area contributed by atoms with Crippen LogP contribution in [-0.4, -0.2) is 26.7 Å². The van der Waals surface area contributed by atoms with Crippen LogP contribution < -0.4 is 10.0 Å². The zero-order chi connectivity index (χ0) is 19.2. The highest BCUT2D eigenvalue weighted by Gasteiger charge is 2.14. The van der Waals surface area contributed by atoms with Crippen molar-refractivity contribution >= 4 is 21.7 Å². The van der Waals surface area contributed by atoms with Crippen molar-refractivity contribution in [3.8, 4) is 0 Å². The summed E-state index contributed by atoms with van der Waals surface area (Å²) in [5.41, 5.74) is 2.55. The molecule has 0 aliphatic carbocycles. The highest BCUT2D eigenvalue weighted by Crippen LogP contribution is 2.11. The second-order valence-corrected chi connectivity index (χ2v) is 7.70. The Labute approximate surface area is 153 Å². The molecule has 2 rings (SSSR count). The number of hydrogen-bond acceptors (Lipinski definition) is 4. The third-order valence-electron chi connectivity index (χ3n) is 3.95. The van der Waals surface area contributed by atoms with Crippen LogP contribution in [0.15, 0.2) is 53.4 Å². The molecule has 0 aliphatic heterocycles. The predicted octanol–water partition coefficient (Wildman–Crippen LogP) is 2.18. The normalized spacial score (nSPS) is 11.2. The Balaban J connectivity index is 1.83. The van der Waals surface area contributed by atoms with Gasteiger partial charge in [-0.1, -0.05) is 36.4 Å². The largest absolute Gasteiger partial charge is 0.352 e. The molecule has 0 radical (unpaired) electrons. The summed E-state index contributed by atoms with van der Waals surface area (Å²) in [6.07, 6.45) is 0.0383. The minimum absolute atomic E-state index is 0.00357. The maximum absolute atomic E-state index is 12.2. The Hall–Kier alpha value is -2.51. The number of hydrogen-bond donors (Lipinski definition) is 2. The lowest BCUT2D eigenvalue weighted by Gasteiger charge is -2.09. The molecule has 2 N–H and O–H groups in total. The van der Waals surface area contributed by atoms with Crippen LogP contribution in [0.5, 0.6) is 0 Å². The van der Waals surface area contributed by atoms with E-state index in [2.05, 4.69) is 10.0 Å². The summed E-state index contributed by atoms with van der Waals surface area (Å²) in [6.45, 7) is 3.78. The number of nitrogens with one attached hydrogen (secondary N) is 2. The van der Waals surface area contributed by atoms with E-state index in [1.165, 1.54) is 31.2 Å². The number of Topliss-reactive ketones (excluding diaryl/α,β-unsaturated/α-hetero) is 1. The molecule has 26 heavy (non-hydrogen) atoms. The van der Waals surface area contributed by atoms with Crippen molar-refractivity contribution in [1.82, 2.24) is 10.0 Å². The molecule has 7 heteroatoms. The molecule has 0 spiro atoms. The topological polar surface area (TPSA) is 92.3 Å². The average molecular weight is 374 g/mol. The molecule has 0 heterocycles. The SMILES string of the molecule is CC(=O)c1ccc(S(=O)(=O)NCCC(=O)NCc2ccccc2C)cc1. The Morgan fingerprint density at radius 3 is 2.27 bits per heavy atom. The quantitative estimate of drug-likeness (QED) is 0.693. The Bertz CT molecular complexity index is 890. The number of carbonyl (C=O) groups is 2. The van der Waals surface area contributed by atoms with Gasteiger partial charge >= 0.3 is 0 Å². The Kier molecular flexibility index (Phi) is 6.65. The van der Waals surface area contributed by atoms with Crippen molar-refractivity contribution in [2.24, 2.45) is 0 Å². The van der Waals surface area contributed by atoms with E-state index in [0.717, 1.165) is 11.1 Å². The first kappa shape index (κ1) is 19.8. The molecule has 0 saturated heterocycles. The average Bonchev–Trinajstić information content (AvgIpc) is 2.61. The van der Waals surface area contributed by atoms with Crippen LogP contribution in [-0.2, 0) is 21.4 Å². The van der Waals surface area contributed by atoms with Gasteiger partial charge in [-0.15, -0.1) is 0 Å². The summed E-state index contributed by atoms with van der Waals surface area (Å²) in [4.78, 5) is 23.2. The molecule has 0 atom stereocenters. The molecule has 138 valence electrons. The molecule has 6 nitrogen and oxygen atoms in total. The summed E-state index contributed by atoms with van der Waals surface area (Å²) >= 11 is 0. The molecule has 2 aromatic carbocycles. The van der Waals surface area contributed by atoms with Crippen molar-refractivity contribution in [2.45, 2.75) is 31.7 Å². The van der Waals surface area contributed by atoms with E-state index in [1.54, 1.807) is 0 Å². The fourth-order valence-corrected chi connectivity index (χ4v) is 3.37. The lowest BCUT2D eigenvalue weighted by atomic mass is 10.1. The summed E-state index contributed by atoms with van der Waals surface area (Å²) in [5.74, 6) is -0.366. The van der Waals surface area contributed by atoms with Gasteiger partial charge in [0.1, 0.15) is 0 Å². The molecule has 2 aromatic rings. The number of rotatable bonds is 8. The summed E-state index contributed by atoms with van der Waals surface area (Å²) in [5, 5.41) is 2.77. The van der Waals surface area contributed by atoms with Crippen molar-refractivity contribution in [2.75, 3.05) is 6.54 Å². The predicted molar refractivity (Wildman–Crippen MR) is 99.3 cm³/mol. The van der Waals surface area contributed by atoms with Gasteiger partial charge < -0.3 is 5.32 Å². The molecule has 0 aromatic heterocycles. The number of sulfonamides is 1. The lowest BCUT2D eigenvalue weighted by molar-refractivity contribution is -0.121. The van der Waals surface area contributed by atoms with Crippen molar-refractivity contribution in [3.63, 3.8) is 0 Å². The summed E-state index contributed by atoms with van der Waals surface area (Å²) < 4.78 is 26.8. The van der Waals surface area contributed by atoms with E-state index < -0.39 is 10.0 Å². The molecule has 0 unspecified atom stereocenters. The van der Waals surface area contributed by atoms with E-state index in [-0.39, 0.29) is 29.6 Å². The third-order valence-corrected chi connectivity index (χ3v) is 5.43. The third kappa shape index (κ3) is 5.50. The Morgan fingerprint density at radius 2 is 1.65 bits per heavy atom. The highest BCUT2D eigenvalue weighted by atomic mass is 32.2. The second kappa shape index (κ2) is 8.73. The monoisotopic (exact) mass is 374 g/mol. The standard InChI is InChI=1S/C19H22N2O4S/c1-14-5-3-4-6-17(14)13-20-19(23)11-12-21-26(24,25)18-9-7-16(8-10-18)15(2)22/h3-10,21H,11-13H2,1-2H3,(H,20,23). The Morgan fingerprint density at radius 1 is 1.00 bits per heavy atom. The molecule has 1 amide bonds. The molecule has 0 fully saturated rings. The molecule has 0 bridgehead atoms. The van der Waals surface area contributed by atoms with Gasteiger partial charge in [0, 0.05) is 25.1 Å². The zero-order valence-electron chi connectivity index (χ0n) is 14.8. The minimum atomic E-state index is -3.71. The first-order valence-electron chi connectivity index (χ1n) is 8.21. The number of carbonyl (C=O) groups excluding carboxylic acids is 2. The zero-order valence-corrected chi connectivity index (χ0v) is 15.6. The molecular weight excluding hydrogens is 352 g/mol. The van der Waals surface area contributed by atoms with Crippen molar-refractivity contribution in [3.05, 3.63) is 65.2 Å². The van der Waals surface area contributed by atoms with Gasteiger partial charge in [0.25, 0.3) is 0 Å². The number of amides is 1. The van der Waals surface area contributed by atoms with Crippen LogP contribution in [0.2, 0.25) is 0 Å². The van der Waals surface area contributed by atoms with Crippen LogP contribution in [0.4, 0.5) is 0 Å². The fourth-order valence-electron chi connectivity index (χ4n) is 2.34. The molecule has 0 aliphatic rings. The van der Waals surface area contributed by atoms with Gasteiger partial charge in [-0.3, -0.25) is 9.59 Å². The van der Waals surface area contributed by atoms with E-state index >= 15 is 0 Å². The fraction of sp³-hybridized carbons (Fsp3) is 0.263. The van der Waals surface area contributed by atoms with Crippen LogP contribution >= 0.6 is 0 Å². The van der Waals surface area contributed by atoms with Gasteiger partial charge in [0.2, 0.25) is 15.9 Å². The van der Waals surface area contributed by atoms with Gasteiger partial charge in [0.15, 0.2) is 5.78 Å².